The van der Waals surface area contributed by atoms with Crippen molar-refractivity contribution in [1.82, 2.24) is 5.32 Å². The van der Waals surface area contributed by atoms with Crippen LogP contribution in [-0.2, 0) is 14.8 Å². The van der Waals surface area contributed by atoms with Crippen LogP contribution < -0.4 is 14.4 Å². The van der Waals surface area contributed by atoms with Crippen molar-refractivity contribution in [2.24, 2.45) is 0 Å². The van der Waals surface area contributed by atoms with E-state index in [0.29, 0.717) is 17.9 Å². The molecule has 0 bridgehead atoms. The van der Waals surface area contributed by atoms with Crippen molar-refractivity contribution in [3.8, 4) is 5.75 Å². The molecule has 0 spiro atoms. The molecular weight excluding hydrogens is 388 g/mol. The molecule has 0 heterocycles. The van der Waals surface area contributed by atoms with E-state index in [-0.39, 0.29) is 11.9 Å². The molecule has 0 aromatic heterocycles. The topological polar surface area (TPSA) is 75.7 Å². The average Bonchev–Trinajstić information content (AvgIpc) is 2.66. The molecule has 0 fully saturated rings. The second kappa shape index (κ2) is 9.31. The third-order valence-corrected chi connectivity index (χ3v) is 6.06. The normalized spacial score (nSPS) is 13.4. The van der Waals surface area contributed by atoms with E-state index < -0.39 is 16.1 Å². The van der Waals surface area contributed by atoms with Crippen molar-refractivity contribution in [3.63, 3.8) is 0 Å². The van der Waals surface area contributed by atoms with Gasteiger partial charge in [0.2, 0.25) is 15.9 Å². The van der Waals surface area contributed by atoms with Crippen LogP contribution in [0.4, 0.5) is 5.69 Å². The van der Waals surface area contributed by atoms with E-state index in [1.54, 1.807) is 20.1 Å². The lowest BCUT2D eigenvalue weighted by Gasteiger charge is -2.32. The van der Waals surface area contributed by atoms with Crippen molar-refractivity contribution in [2.75, 3.05) is 17.7 Å². The average molecular weight is 419 g/mol. The summed E-state index contributed by atoms with van der Waals surface area (Å²) in [6.45, 7) is 7.40. The van der Waals surface area contributed by atoms with Gasteiger partial charge in [0.05, 0.1) is 25.1 Å². The smallest absolute Gasteiger partial charge is 0.244 e. The molecule has 0 aliphatic carbocycles. The summed E-state index contributed by atoms with van der Waals surface area (Å²) < 4.78 is 32.0. The Hall–Kier alpha value is -2.54. The molecular formula is C22H30N2O4S. The van der Waals surface area contributed by atoms with Crippen LogP contribution >= 0.6 is 0 Å². The third-order valence-electron chi connectivity index (χ3n) is 4.90. The van der Waals surface area contributed by atoms with Crippen LogP contribution in [0.2, 0.25) is 0 Å². The van der Waals surface area contributed by atoms with Gasteiger partial charge in [-0.25, -0.2) is 8.42 Å². The van der Waals surface area contributed by atoms with Crippen molar-refractivity contribution in [1.29, 1.82) is 0 Å². The molecule has 0 aliphatic rings. The van der Waals surface area contributed by atoms with Gasteiger partial charge in [-0.05, 0) is 50.5 Å². The maximum absolute atomic E-state index is 13.2. The number of sulfonamides is 1. The first-order chi connectivity index (χ1) is 13.6. The van der Waals surface area contributed by atoms with Crippen LogP contribution in [0.15, 0.2) is 42.5 Å². The minimum absolute atomic E-state index is 0.338. The lowest BCUT2D eigenvalue weighted by Crippen LogP contribution is -2.50. The lowest BCUT2D eigenvalue weighted by molar-refractivity contribution is -0.122. The van der Waals surface area contributed by atoms with Crippen LogP contribution in [-0.4, -0.2) is 33.7 Å². The van der Waals surface area contributed by atoms with Gasteiger partial charge in [-0.3, -0.25) is 9.10 Å². The first-order valence-electron chi connectivity index (χ1n) is 9.60. The van der Waals surface area contributed by atoms with Gasteiger partial charge in [-0.2, -0.15) is 0 Å². The number of amides is 1. The fourth-order valence-corrected chi connectivity index (χ4v) is 4.66. The van der Waals surface area contributed by atoms with E-state index in [2.05, 4.69) is 5.32 Å². The Morgan fingerprint density at radius 3 is 2.41 bits per heavy atom. The minimum atomic E-state index is -3.68. The largest absolute Gasteiger partial charge is 0.496 e. The van der Waals surface area contributed by atoms with Gasteiger partial charge >= 0.3 is 0 Å². The molecule has 7 heteroatoms. The van der Waals surface area contributed by atoms with Gasteiger partial charge < -0.3 is 10.1 Å². The van der Waals surface area contributed by atoms with E-state index >= 15 is 0 Å². The molecule has 1 amide bonds. The number of aryl methyl sites for hydroxylation is 2. The molecule has 1 N–H and O–H groups in total. The molecule has 2 rings (SSSR count). The molecule has 2 aromatic carbocycles. The number of ether oxygens (including phenoxy) is 1. The van der Waals surface area contributed by atoms with Crippen LogP contribution in [0.25, 0.3) is 0 Å². The standard InChI is InChI=1S/C22H30N2O4S/c1-7-19(22(25)23-17(4)18-10-8-9-11-21(18)28-5)24(29(6,26)27)20-14-15(2)12-13-16(20)3/h8-14,17,19H,7H2,1-6H3,(H,23,25)/t17-,19+/m0/s1. The number of hydrogen-bond donors (Lipinski definition) is 1. The number of nitrogens with zero attached hydrogens (tertiary/aromatic N) is 1. The number of para-hydroxylation sites is 1. The van der Waals surface area contributed by atoms with Crippen molar-refractivity contribution < 1.29 is 17.9 Å². The van der Waals surface area contributed by atoms with Gasteiger partial charge in [0.15, 0.2) is 0 Å². The molecule has 6 nitrogen and oxygen atoms in total. The van der Waals surface area contributed by atoms with E-state index in [1.165, 1.54) is 4.31 Å². The number of benzene rings is 2. The zero-order chi connectivity index (χ0) is 21.8. The highest BCUT2D eigenvalue weighted by Gasteiger charge is 2.33. The molecule has 0 aliphatic heterocycles. The summed E-state index contributed by atoms with van der Waals surface area (Å²) in [5.74, 6) is 0.320. The first kappa shape index (κ1) is 22.7. The fraction of sp³-hybridized carbons (Fsp3) is 0.409. The van der Waals surface area contributed by atoms with Crippen molar-refractivity contribution in [2.45, 2.75) is 46.2 Å². The number of carbonyl (C=O) groups excluding carboxylic acids is 1. The summed E-state index contributed by atoms with van der Waals surface area (Å²) in [5.41, 5.74) is 3.08. The second-order valence-electron chi connectivity index (χ2n) is 7.25. The summed E-state index contributed by atoms with van der Waals surface area (Å²) in [5, 5.41) is 2.95. The molecule has 2 aromatic rings. The number of methoxy groups -OCH3 is 1. The van der Waals surface area contributed by atoms with E-state index in [1.807, 2.05) is 57.2 Å². The van der Waals surface area contributed by atoms with Crippen molar-refractivity contribution in [3.05, 3.63) is 59.2 Å². The van der Waals surface area contributed by atoms with Gasteiger partial charge in [0.1, 0.15) is 11.8 Å². The van der Waals surface area contributed by atoms with Crippen LogP contribution in [0.1, 0.15) is 43.0 Å². The Balaban J connectivity index is 2.40. The molecule has 0 radical (unpaired) electrons. The summed E-state index contributed by atoms with van der Waals surface area (Å²) in [6.07, 6.45) is 1.47. The van der Waals surface area contributed by atoms with Crippen LogP contribution in [0.3, 0.4) is 0 Å². The van der Waals surface area contributed by atoms with Crippen molar-refractivity contribution >= 4 is 21.6 Å². The fourth-order valence-electron chi connectivity index (χ4n) is 3.40. The number of anilines is 1. The Kier molecular flexibility index (Phi) is 7.30. The monoisotopic (exact) mass is 418 g/mol. The Labute approximate surface area is 173 Å². The van der Waals surface area contributed by atoms with Gasteiger partial charge in [-0.1, -0.05) is 37.3 Å². The molecule has 29 heavy (non-hydrogen) atoms. The van der Waals surface area contributed by atoms with E-state index in [4.69, 9.17) is 4.74 Å². The summed E-state index contributed by atoms with van der Waals surface area (Å²) in [4.78, 5) is 13.2. The Morgan fingerprint density at radius 1 is 1.17 bits per heavy atom. The zero-order valence-corrected chi connectivity index (χ0v) is 18.7. The zero-order valence-electron chi connectivity index (χ0n) is 17.9. The molecule has 0 saturated heterocycles. The summed E-state index contributed by atoms with van der Waals surface area (Å²) in [6, 6.07) is 11.8. The number of hydrogen-bond acceptors (Lipinski definition) is 4. The molecule has 0 saturated carbocycles. The highest BCUT2D eigenvalue weighted by Crippen LogP contribution is 2.29. The number of nitrogens with one attached hydrogen (secondary N) is 1. The Bertz CT molecular complexity index is 973. The lowest BCUT2D eigenvalue weighted by atomic mass is 10.1. The highest BCUT2D eigenvalue weighted by molar-refractivity contribution is 7.92. The maximum Gasteiger partial charge on any atom is 0.244 e. The van der Waals surface area contributed by atoms with Gasteiger partial charge in [-0.15, -0.1) is 0 Å². The Morgan fingerprint density at radius 2 is 1.83 bits per heavy atom. The third kappa shape index (κ3) is 5.29. The van der Waals surface area contributed by atoms with E-state index in [9.17, 15) is 13.2 Å². The number of rotatable bonds is 8. The maximum atomic E-state index is 13.2. The first-order valence-corrected chi connectivity index (χ1v) is 11.4. The second-order valence-corrected chi connectivity index (χ2v) is 9.10. The van der Waals surface area contributed by atoms with Crippen LogP contribution in [0, 0.1) is 13.8 Å². The van der Waals surface area contributed by atoms with Gasteiger partial charge in [0, 0.05) is 5.56 Å². The SMILES string of the molecule is CC[C@H](C(=O)N[C@@H](C)c1ccccc1OC)N(c1cc(C)ccc1C)S(C)(=O)=O. The van der Waals surface area contributed by atoms with Gasteiger partial charge in [0.25, 0.3) is 0 Å². The summed E-state index contributed by atoms with van der Waals surface area (Å²) in [7, 11) is -2.10. The predicted octanol–water partition coefficient (Wildman–Crippen LogP) is 3.73. The quantitative estimate of drug-likeness (QED) is 0.709. The molecule has 158 valence electrons. The predicted molar refractivity (Wildman–Crippen MR) is 117 cm³/mol. The van der Waals surface area contributed by atoms with Crippen LogP contribution in [0.5, 0.6) is 5.75 Å². The highest BCUT2D eigenvalue weighted by atomic mass is 32.2. The minimum Gasteiger partial charge on any atom is -0.496 e. The molecule has 2 atom stereocenters. The number of carbonyl (C=O) groups is 1. The molecule has 0 unspecified atom stereocenters. The summed E-state index contributed by atoms with van der Waals surface area (Å²) >= 11 is 0. The van der Waals surface area contributed by atoms with E-state index in [0.717, 1.165) is 22.9 Å².